The molecule has 1 atom stereocenters. The van der Waals surface area contributed by atoms with Gasteiger partial charge in [0.15, 0.2) is 0 Å². The number of amides is 2. The number of benzene rings is 2. The summed E-state index contributed by atoms with van der Waals surface area (Å²) >= 11 is 0. The molecular formula is C25H30FN3O6S. The standard InChI is InChI=1S/C25H30FN3O6S/c1-25(2,3)15-34-24(31)28-18-8-11-22-21(12-18)29(36(32,33)20-9-6-17(26)7-10-20)14-19(35-22)13-27-23(30)16-4-5-16/h6-12,16,19H,4-5,13-15H2,1-3H3,(H,27,30)(H,28,31). The summed E-state index contributed by atoms with van der Waals surface area (Å²) in [5, 5.41) is 5.43. The number of nitrogens with zero attached hydrogens (tertiary/aromatic N) is 1. The van der Waals surface area contributed by atoms with Crippen LogP contribution in [0.5, 0.6) is 5.75 Å². The lowest BCUT2D eigenvalue weighted by Gasteiger charge is -2.35. The minimum absolute atomic E-state index is 0.00611. The fourth-order valence-corrected chi connectivity index (χ4v) is 5.10. The molecule has 0 bridgehead atoms. The van der Waals surface area contributed by atoms with Gasteiger partial charge in [-0.25, -0.2) is 17.6 Å². The van der Waals surface area contributed by atoms with Crippen molar-refractivity contribution in [1.82, 2.24) is 5.32 Å². The summed E-state index contributed by atoms with van der Waals surface area (Å²) in [6.07, 6.45) is 0.375. The van der Waals surface area contributed by atoms with Gasteiger partial charge in [-0.2, -0.15) is 0 Å². The van der Waals surface area contributed by atoms with Crippen LogP contribution in [0.3, 0.4) is 0 Å². The Bertz CT molecular complexity index is 1240. The zero-order valence-electron chi connectivity index (χ0n) is 20.4. The van der Waals surface area contributed by atoms with Crippen LogP contribution in [0.1, 0.15) is 33.6 Å². The number of hydrogen-bond donors (Lipinski definition) is 2. The molecular weight excluding hydrogens is 489 g/mol. The Morgan fingerprint density at radius 1 is 1.14 bits per heavy atom. The van der Waals surface area contributed by atoms with Crippen molar-refractivity contribution in [3.63, 3.8) is 0 Å². The molecule has 2 aromatic carbocycles. The van der Waals surface area contributed by atoms with E-state index in [2.05, 4.69) is 10.6 Å². The van der Waals surface area contributed by atoms with Crippen LogP contribution in [-0.2, 0) is 19.6 Å². The van der Waals surface area contributed by atoms with E-state index in [1.54, 1.807) is 12.1 Å². The smallest absolute Gasteiger partial charge is 0.411 e. The first kappa shape index (κ1) is 25.7. The summed E-state index contributed by atoms with van der Waals surface area (Å²) in [6, 6.07) is 9.14. The van der Waals surface area contributed by atoms with Crippen molar-refractivity contribution >= 4 is 33.4 Å². The molecule has 1 aliphatic carbocycles. The van der Waals surface area contributed by atoms with Gasteiger partial charge in [0.1, 0.15) is 17.7 Å². The zero-order chi connectivity index (χ0) is 26.1. The Balaban J connectivity index is 1.60. The SMILES string of the molecule is CC(C)(C)COC(=O)Nc1ccc2c(c1)N(S(=O)(=O)c1ccc(F)cc1)CC(CNC(=O)C1CC1)O2. The molecule has 9 nitrogen and oxygen atoms in total. The Kier molecular flexibility index (Phi) is 7.12. The molecule has 4 rings (SSSR count). The summed E-state index contributed by atoms with van der Waals surface area (Å²) in [5.74, 6) is -0.360. The Labute approximate surface area is 210 Å². The predicted molar refractivity (Wildman–Crippen MR) is 132 cm³/mol. The van der Waals surface area contributed by atoms with Gasteiger partial charge >= 0.3 is 6.09 Å². The molecule has 2 aliphatic rings. The van der Waals surface area contributed by atoms with E-state index in [4.69, 9.17) is 9.47 Å². The molecule has 36 heavy (non-hydrogen) atoms. The average Bonchev–Trinajstić information content (AvgIpc) is 3.66. The number of rotatable bonds is 7. The predicted octanol–water partition coefficient (Wildman–Crippen LogP) is 3.90. The van der Waals surface area contributed by atoms with Gasteiger partial charge in [-0.05, 0) is 60.7 Å². The lowest BCUT2D eigenvalue weighted by molar-refractivity contribution is -0.122. The topological polar surface area (TPSA) is 114 Å². The highest BCUT2D eigenvalue weighted by Gasteiger charge is 2.36. The zero-order valence-corrected chi connectivity index (χ0v) is 21.2. The lowest BCUT2D eigenvalue weighted by atomic mass is 9.99. The fraction of sp³-hybridized carbons (Fsp3) is 0.440. The van der Waals surface area contributed by atoms with Crippen molar-refractivity contribution < 1.29 is 31.9 Å². The molecule has 11 heteroatoms. The maximum atomic E-state index is 13.6. The second-order valence-corrected chi connectivity index (χ2v) is 12.1. The van der Waals surface area contributed by atoms with Crippen LogP contribution in [0.15, 0.2) is 47.4 Å². The van der Waals surface area contributed by atoms with E-state index in [0.29, 0.717) is 5.69 Å². The van der Waals surface area contributed by atoms with Crippen molar-refractivity contribution in [3.8, 4) is 5.75 Å². The Morgan fingerprint density at radius 2 is 1.83 bits per heavy atom. The van der Waals surface area contributed by atoms with Gasteiger partial charge in [-0.1, -0.05) is 20.8 Å². The molecule has 1 unspecified atom stereocenters. The van der Waals surface area contributed by atoms with Crippen molar-refractivity contribution in [1.29, 1.82) is 0 Å². The van der Waals surface area contributed by atoms with Crippen LogP contribution in [0.25, 0.3) is 0 Å². The van der Waals surface area contributed by atoms with Gasteiger partial charge in [0.2, 0.25) is 5.91 Å². The second-order valence-electron chi connectivity index (χ2n) is 10.2. The van der Waals surface area contributed by atoms with Gasteiger partial charge < -0.3 is 14.8 Å². The number of sulfonamides is 1. The highest BCUT2D eigenvalue weighted by atomic mass is 32.2. The number of fused-ring (bicyclic) bond motifs is 1. The van der Waals surface area contributed by atoms with E-state index in [9.17, 15) is 22.4 Å². The third-order valence-electron chi connectivity index (χ3n) is 5.63. The Morgan fingerprint density at radius 3 is 2.47 bits per heavy atom. The molecule has 0 radical (unpaired) electrons. The van der Waals surface area contributed by atoms with Crippen LogP contribution in [-0.4, -0.2) is 46.2 Å². The van der Waals surface area contributed by atoms with Crippen LogP contribution in [0.2, 0.25) is 0 Å². The van der Waals surface area contributed by atoms with Crippen LogP contribution in [0, 0.1) is 17.2 Å². The Hall–Kier alpha value is -3.34. The molecule has 2 N–H and O–H groups in total. The first-order chi connectivity index (χ1) is 16.9. The van der Waals surface area contributed by atoms with Crippen molar-refractivity contribution in [2.45, 2.75) is 44.6 Å². The minimum Gasteiger partial charge on any atom is -0.484 e. The third kappa shape index (κ3) is 6.26. The molecule has 1 saturated carbocycles. The maximum absolute atomic E-state index is 13.6. The normalized spacial score (nSPS) is 17.6. The lowest BCUT2D eigenvalue weighted by Crippen LogP contribution is -2.48. The highest BCUT2D eigenvalue weighted by Crippen LogP contribution is 2.39. The van der Waals surface area contributed by atoms with Crippen LogP contribution >= 0.6 is 0 Å². The fourth-order valence-electron chi connectivity index (χ4n) is 3.60. The quantitative estimate of drug-likeness (QED) is 0.574. The average molecular weight is 520 g/mol. The van der Waals surface area contributed by atoms with E-state index < -0.39 is 28.0 Å². The van der Waals surface area contributed by atoms with Crippen molar-refractivity contribution in [2.24, 2.45) is 11.3 Å². The van der Waals surface area contributed by atoms with E-state index in [1.165, 1.54) is 18.2 Å². The van der Waals surface area contributed by atoms with Gasteiger partial charge in [0.25, 0.3) is 10.0 Å². The summed E-state index contributed by atoms with van der Waals surface area (Å²) in [7, 11) is -4.11. The molecule has 0 aromatic heterocycles. The molecule has 194 valence electrons. The molecule has 1 aliphatic heterocycles. The number of halogens is 1. The summed E-state index contributed by atoms with van der Waals surface area (Å²) in [6.45, 7) is 6.03. The van der Waals surface area contributed by atoms with E-state index in [1.807, 2.05) is 20.8 Å². The number of carbonyl (C=O) groups is 2. The van der Waals surface area contributed by atoms with E-state index in [-0.39, 0.29) is 53.3 Å². The molecule has 1 fully saturated rings. The third-order valence-corrected chi connectivity index (χ3v) is 7.42. The van der Waals surface area contributed by atoms with Crippen molar-refractivity contribution in [3.05, 3.63) is 48.3 Å². The first-order valence-corrected chi connectivity index (χ1v) is 13.2. The number of anilines is 2. The van der Waals surface area contributed by atoms with E-state index >= 15 is 0 Å². The molecule has 1 heterocycles. The van der Waals surface area contributed by atoms with Gasteiger partial charge in [0.05, 0.1) is 30.3 Å². The van der Waals surface area contributed by atoms with E-state index in [0.717, 1.165) is 29.3 Å². The summed E-state index contributed by atoms with van der Waals surface area (Å²) in [4.78, 5) is 24.3. The molecule has 0 spiro atoms. The second kappa shape index (κ2) is 9.96. The van der Waals surface area contributed by atoms with Gasteiger partial charge in [-0.3, -0.25) is 14.4 Å². The summed E-state index contributed by atoms with van der Waals surface area (Å²) < 4.78 is 52.9. The number of carbonyl (C=O) groups excluding carboxylic acids is 2. The van der Waals surface area contributed by atoms with Gasteiger partial charge in [-0.15, -0.1) is 0 Å². The molecule has 0 saturated heterocycles. The summed E-state index contributed by atoms with van der Waals surface area (Å²) in [5.41, 5.74) is 0.305. The highest BCUT2D eigenvalue weighted by molar-refractivity contribution is 7.92. The van der Waals surface area contributed by atoms with Crippen molar-refractivity contribution in [2.75, 3.05) is 29.3 Å². The monoisotopic (exact) mass is 519 g/mol. The molecule has 2 aromatic rings. The number of ether oxygens (including phenoxy) is 2. The maximum Gasteiger partial charge on any atom is 0.411 e. The van der Waals surface area contributed by atoms with Crippen LogP contribution < -0.4 is 19.7 Å². The first-order valence-electron chi connectivity index (χ1n) is 11.7. The number of hydrogen-bond acceptors (Lipinski definition) is 6. The number of nitrogens with one attached hydrogen (secondary N) is 2. The largest absolute Gasteiger partial charge is 0.484 e. The minimum atomic E-state index is -4.11. The molecule has 2 amide bonds. The van der Waals surface area contributed by atoms with Crippen LogP contribution in [0.4, 0.5) is 20.6 Å². The van der Waals surface area contributed by atoms with Gasteiger partial charge in [0, 0.05) is 11.6 Å².